The van der Waals surface area contributed by atoms with Gasteiger partial charge in [-0.1, -0.05) is 0 Å². The molecule has 0 fully saturated rings. The molecule has 1 atom stereocenters. The Morgan fingerprint density at radius 2 is 2.29 bits per heavy atom. The smallest absolute Gasteiger partial charge is 0.289 e. The number of hydrogen-bond donors (Lipinski definition) is 1. The summed E-state index contributed by atoms with van der Waals surface area (Å²) in [4.78, 5) is 15.9. The van der Waals surface area contributed by atoms with Crippen LogP contribution in [0.2, 0.25) is 0 Å². The highest BCUT2D eigenvalue weighted by Crippen LogP contribution is 2.09. The van der Waals surface area contributed by atoms with E-state index in [1.54, 1.807) is 21.0 Å². The van der Waals surface area contributed by atoms with E-state index < -0.39 is 0 Å². The summed E-state index contributed by atoms with van der Waals surface area (Å²) in [6.45, 7) is 3.86. The number of nitrogens with zero attached hydrogens (tertiary/aromatic N) is 1. The van der Waals surface area contributed by atoms with Crippen molar-refractivity contribution in [2.24, 2.45) is 0 Å². The Hall–Kier alpha value is -1.07. The number of ether oxygens (including phenoxy) is 1. The summed E-state index contributed by atoms with van der Waals surface area (Å²) < 4.78 is 10.2. The van der Waals surface area contributed by atoms with Crippen LogP contribution in [0.25, 0.3) is 0 Å². The van der Waals surface area contributed by atoms with E-state index >= 15 is 0 Å². The van der Waals surface area contributed by atoms with Crippen LogP contribution in [0.1, 0.15) is 28.6 Å². The number of hydrogen-bond acceptors (Lipinski definition) is 4. The standard InChI is InChI=1S/C11H17ClN2O3/c1-7-10(17-8(2)13-7)11(15)14-9(4-5-12)6-16-3/h9H,4-6H2,1-3H3,(H,14,15). The van der Waals surface area contributed by atoms with Gasteiger partial charge in [0.1, 0.15) is 0 Å². The topological polar surface area (TPSA) is 64.4 Å². The Morgan fingerprint density at radius 1 is 1.59 bits per heavy atom. The fraction of sp³-hybridized carbons (Fsp3) is 0.636. The van der Waals surface area contributed by atoms with Gasteiger partial charge < -0.3 is 14.5 Å². The van der Waals surface area contributed by atoms with Crippen LogP contribution < -0.4 is 5.32 Å². The van der Waals surface area contributed by atoms with E-state index in [-0.39, 0.29) is 17.7 Å². The van der Waals surface area contributed by atoms with Crippen LogP contribution in [-0.4, -0.2) is 36.5 Å². The highest BCUT2D eigenvalue weighted by molar-refractivity contribution is 6.17. The van der Waals surface area contributed by atoms with E-state index in [0.29, 0.717) is 30.5 Å². The molecule has 0 bridgehead atoms. The zero-order valence-electron chi connectivity index (χ0n) is 10.2. The van der Waals surface area contributed by atoms with E-state index in [0.717, 1.165) is 0 Å². The molecule has 0 saturated carbocycles. The molecule has 17 heavy (non-hydrogen) atoms. The molecular formula is C11H17ClN2O3. The van der Waals surface area contributed by atoms with Crippen molar-refractivity contribution in [1.29, 1.82) is 0 Å². The number of carbonyl (C=O) groups excluding carboxylic acids is 1. The van der Waals surface area contributed by atoms with Gasteiger partial charge in [-0.15, -0.1) is 11.6 Å². The second kappa shape index (κ2) is 6.61. The number of halogens is 1. The minimum Gasteiger partial charge on any atom is -0.436 e. The van der Waals surface area contributed by atoms with E-state index in [2.05, 4.69) is 10.3 Å². The molecule has 1 unspecified atom stereocenters. The minimum atomic E-state index is -0.282. The van der Waals surface area contributed by atoms with Gasteiger partial charge in [-0.2, -0.15) is 0 Å². The van der Waals surface area contributed by atoms with Crippen molar-refractivity contribution in [3.63, 3.8) is 0 Å². The summed E-state index contributed by atoms with van der Waals surface area (Å²) in [5.74, 6) is 0.907. The van der Waals surface area contributed by atoms with Gasteiger partial charge in [-0.25, -0.2) is 4.98 Å². The van der Waals surface area contributed by atoms with Crippen molar-refractivity contribution in [2.45, 2.75) is 26.3 Å². The Kier molecular flexibility index (Phi) is 5.44. The fourth-order valence-electron chi connectivity index (χ4n) is 1.52. The molecule has 1 N–H and O–H groups in total. The highest BCUT2D eigenvalue weighted by Gasteiger charge is 2.19. The van der Waals surface area contributed by atoms with Crippen LogP contribution in [-0.2, 0) is 4.74 Å². The van der Waals surface area contributed by atoms with E-state index in [9.17, 15) is 4.79 Å². The lowest BCUT2D eigenvalue weighted by Crippen LogP contribution is -2.38. The van der Waals surface area contributed by atoms with Gasteiger partial charge in [0.15, 0.2) is 5.89 Å². The van der Waals surface area contributed by atoms with Crippen molar-refractivity contribution >= 4 is 17.5 Å². The van der Waals surface area contributed by atoms with Gasteiger partial charge in [-0.05, 0) is 13.3 Å². The first kappa shape index (κ1) is 14.0. The molecule has 1 aromatic heterocycles. The van der Waals surface area contributed by atoms with Gasteiger partial charge in [0.2, 0.25) is 5.76 Å². The number of carbonyl (C=O) groups is 1. The van der Waals surface area contributed by atoms with Gasteiger partial charge in [0, 0.05) is 19.9 Å². The SMILES string of the molecule is COCC(CCCl)NC(=O)c1oc(C)nc1C. The van der Waals surface area contributed by atoms with Gasteiger partial charge in [-0.3, -0.25) is 4.79 Å². The second-order valence-corrected chi connectivity index (χ2v) is 4.13. The number of rotatable bonds is 6. The van der Waals surface area contributed by atoms with Crippen LogP contribution in [0.15, 0.2) is 4.42 Å². The maximum Gasteiger partial charge on any atom is 0.289 e. The minimum absolute atomic E-state index is 0.116. The summed E-state index contributed by atoms with van der Waals surface area (Å²) in [6, 6.07) is -0.116. The zero-order valence-corrected chi connectivity index (χ0v) is 11.0. The number of nitrogens with one attached hydrogen (secondary N) is 1. The Morgan fingerprint density at radius 3 is 2.76 bits per heavy atom. The third-order valence-electron chi connectivity index (χ3n) is 2.27. The van der Waals surface area contributed by atoms with E-state index in [1.165, 1.54) is 0 Å². The lowest BCUT2D eigenvalue weighted by molar-refractivity contribution is 0.0865. The van der Waals surface area contributed by atoms with Gasteiger partial charge in [0.05, 0.1) is 18.3 Å². The molecule has 0 aliphatic carbocycles. The third kappa shape index (κ3) is 4.02. The van der Waals surface area contributed by atoms with Crippen LogP contribution in [0, 0.1) is 13.8 Å². The molecule has 6 heteroatoms. The summed E-state index contributed by atoms with van der Waals surface area (Å²) in [5, 5.41) is 2.81. The van der Waals surface area contributed by atoms with Crippen molar-refractivity contribution in [3.05, 3.63) is 17.3 Å². The molecule has 1 rings (SSSR count). The van der Waals surface area contributed by atoms with Crippen LogP contribution in [0.5, 0.6) is 0 Å². The summed E-state index contributed by atoms with van der Waals surface area (Å²) >= 11 is 5.65. The highest BCUT2D eigenvalue weighted by atomic mass is 35.5. The molecular weight excluding hydrogens is 244 g/mol. The maximum absolute atomic E-state index is 11.9. The van der Waals surface area contributed by atoms with Gasteiger partial charge in [0.25, 0.3) is 5.91 Å². The zero-order chi connectivity index (χ0) is 12.8. The van der Waals surface area contributed by atoms with Crippen molar-refractivity contribution in [2.75, 3.05) is 19.6 Å². The first-order chi connectivity index (χ1) is 8.08. The predicted molar refractivity (Wildman–Crippen MR) is 64.4 cm³/mol. The second-order valence-electron chi connectivity index (χ2n) is 3.75. The average molecular weight is 261 g/mol. The largest absolute Gasteiger partial charge is 0.436 e. The molecule has 1 amide bonds. The number of alkyl halides is 1. The number of amides is 1. The normalized spacial score (nSPS) is 12.5. The number of oxazole rings is 1. The van der Waals surface area contributed by atoms with Crippen LogP contribution >= 0.6 is 11.6 Å². The van der Waals surface area contributed by atoms with Crippen LogP contribution in [0.3, 0.4) is 0 Å². The molecule has 0 saturated heterocycles. The summed E-state index contributed by atoms with van der Waals surface area (Å²) in [7, 11) is 1.58. The monoisotopic (exact) mass is 260 g/mol. The Bertz CT molecular complexity index is 373. The molecule has 0 radical (unpaired) electrons. The number of methoxy groups -OCH3 is 1. The van der Waals surface area contributed by atoms with Crippen LogP contribution in [0.4, 0.5) is 0 Å². The number of aromatic nitrogens is 1. The van der Waals surface area contributed by atoms with Crippen molar-refractivity contribution < 1.29 is 13.9 Å². The molecule has 0 aromatic carbocycles. The fourth-order valence-corrected chi connectivity index (χ4v) is 1.79. The molecule has 1 aromatic rings. The quantitative estimate of drug-likeness (QED) is 0.790. The first-order valence-electron chi connectivity index (χ1n) is 5.38. The van der Waals surface area contributed by atoms with Gasteiger partial charge >= 0.3 is 0 Å². The molecule has 0 aliphatic rings. The molecule has 0 spiro atoms. The van der Waals surface area contributed by atoms with Crippen molar-refractivity contribution in [3.8, 4) is 0 Å². The third-order valence-corrected chi connectivity index (χ3v) is 2.49. The first-order valence-corrected chi connectivity index (χ1v) is 5.91. The summed E-state index contributed by atoms with van der Waals surface area (Å²) in [6.07, 6.45) is 0.646. The molecule has 96 valence electrons. The lowest BCUT2D eigenvalue weighted by Gasteiger charge is -2.15. The molecule has 0 aliphatic heterocycles. The molecule has 5 nitrogen and oxygen atoms in total. The summed E-state index contributed by atoms with van der Waals surface area (Å²) in [5.41, 5.74) is 0.585. The Labute approximate surface area is 105 Å². The predicted octanol–water partition coefficient (Wildman–Crippen LogP) is 1.67. The maximum atomic E-state index is 11.9. The average Bonchev–Trinajstić information content (AvgIpc) is 2.58. The van der Waals surface area contributed by atoms with E-state index in [4.69, 9.17) is 20.8 Å². The van der Waals surface area contributed by atoms with E-state index in [1.807, 2.05) is 0 Å². The Balaban J connectivity index is 2.66. The molecule has 1 heterocycles. The number of aryl methyl sites for hydroxylation is 2. The lowest BCUT2D eigenvalue weighted by atomic mass is 10.2. The van der Waals surface area contributed by atoms with Crippen molar-refractivity contribution in [1.82, 2.24) is 10.3 Å².